The number of aromatic amines is 1. The molecule has 17 heavy (non-hydrogen) atoms. The second-order valence-corrected chi connectivity index (χ2v) is 3.89. The molecule has 0 bridgehead atoms. The van der Waals surface area contributed by atoms with Crippen LogP contribution in [0.5, 0.6) is 0 Å². The fraction of sp³-hybridized carbons (Fsp3) is 0.0833. The molecule has 3 rings (SSSR count). The highest BCUT2D eigenvalue weighted by Crippen LogP contribution is 2.21. The average Bonchev–Trinajstić information content (AvgIpc) is 2.76. The van der Waals surface area contributed by atoms with E-state index in [1.807, 2.05) is 37.3 Å². The Labute approximate surface area is 97.7 Å². The molecule has 3 aromatic rings. The Morgan fingerprint density at radius 2 is 2.00 bits per heavy atom. The smallest absolute Gasteiger partial charge is 0.182 e. The molecule has 0 atom stereocenters. The first kappa shape index (κ1) is 9.77. The quantitative estimate of drug-likeness (QED) is 0.663. The second-order valence-electron chi connectivity index (χ2n) is 3.89. The minimum atomic E-state index is 0.478. The summed E-state index contributed by atoms with van der Waals surface area (Å²) in [5, 5.41) is 7.86. The SMILES string of the molecule is Cc1cc(-c2nc(N)c3ccccc3n2)n[nH]1. The number of nitrogen functional groups attached to an aromatic ring is 1. The number of rotatable bonds is 1. The van der Waals surface area contributed by atoms with E-state index in [1.165, 1.54) is 0 Å². The predicted octanol–water partition coefficient (Wildman–Crippen LogP) is 1.91. The zero-order chi connectivity index (χ0) is 11.8. The summed E-state index contributed by atoms with van der Waals surface area (Å²) < 4.78 is 0. The molecule has 0 amide bonds. The molecular formula is C12H11N5. The highest BCUT2D eigenvalue weighted by atomic mass is 15.1. The van der Waals surface area contributed by atoms with Crippen LogP contribution < -0.4 is 5.73 Å². The van der Waals surface area contributed by atoms with Crippen molar-refractivity contribution in [3.63, 3.8) is 0 Å². The maximum atomic E-state index is 5.91. The van der Waals surface area contributed by atoms with Crippen molar-refractivity contribution in [3.8, 4) is 11.5 Å². The summed E-state index contributed by atoms with van der Waals surface area (Å²) in [7, 11) is 0. The number of H-pyrrole nitrogens is 1. The first-order chi connectivity index (χ1) is 8.24. The Hall–Kier alpha value is -2.43. The summed E-state index contributed by atoms with van der Waals surface area (Å²) in [5.74, 6) is 1.02. The van der Waals surface area contributed by atoms with E-state index in [-0.39, 0.29) is 0 Å². The molecular weight excluding hydrogens is 214 g/mol. The molecule has 2 heterocycles. The highest BCUT2D eigenvalue weighted by molar-refractivity contribution is 5.89. The number of benzene rings is 1. The van der Waals surface area contributed by atoms with Gasteiger partial charge >= 0.3 is 0 Å². The molecule has 0 unspecified atom stereocenters. The molecule has 0 aliphatic carbocycles. The molecule has 5 nitrogen and oxygen atoms in total. The van der Waals surface area contributed by atoms with Gasteiger partial charge in [0.15, 0.2) is 5.82 Å². The van der Waals surface area contributed by atoms with Gasteiger partial charge in [-0.25, -0.2) is 9.97 Å². The molecule has 3 N–H and O–H groups in total. The van der Waals surface area contributed by atoms with E-state index in [4.69, 9.17) is 5.73 Å². The van der Waals surface area contributed by atoms with Crippen molar-refractivity contribution in [2.75, 3.05) is 5.73 Å². The van der Waals surface area contributed by atoms with Gasteiger partial charge in [0.1, 0.15) is 11.5 Å². The van der Waals surface area contributed by atoms with Crippen molar-refractivity contribution in [3.05, 3.63) is 36.0 Å². The van der Waals surface area contributed by atoms with Gasteiger partial charge in [-0.15, -0.1) is 0 Å². The van der Waals surface area contributed by atoms with E-state index in [2.05, 4.69) is 20.2 Å². The molecule has 2 aromatic heterocycles. The van der Waals surface area contributed by atoms with Gasteiger partial charge in [0.25, 0.3) is 0 Å². The van der Waals surface area contributed by atoms with E-state index in [9.17, 15) is 0 Å². The summed E-state index contributed by atoms with van der Waals surface area (Å²) in [6, 6.07) is 9.55. The van der Waals surface area contributed by atoms with Crippen LogP contribution in [0.1, 0.15) is 5.69 Å². The normalized spacial score (nSPS) is 10.9. The first-order valence-corrected chi connectivity index (χ1v) is 5.29. The predicted molar refractivity (Wildman–Crippen MR) is 66.3 cm³/mol. The summed E-state index contributed by atoms with van der Waals surface area (Å²) in [4.78, 5) is 8.72. The molecule has 84 valence electrons. The Bertz CT molecular complexity index is 686. The van der Waals surface area contributed by atoms with Gasteiger partial charge in [-0.2, -0.15) is 5.10 Å². The topological polar surface area (TPSA) is 80.5 Å². The highest BCUT2D eigenvalue weighted by Gasteiger charge is 2.08. The fourth-order valence-corrected chi connectivity index (χ4v) is 1.75. The minimum absolute atomic E-state index is 0.478. The van der Waals surface area contributed by atoms with Crippen molar-refractivity contribution in [1.29, 1.82) is 0 Å². The molecule has 0 saturated heterocycles. The largest absolute Gasteiger partial charge is 0.383 e. The van der Waals surface area contributed by atoms with Crippen LogP contribution in [0.2, 0.25) is 0 Å². The fourth-order valence-electron chi connectivity index (χ4n) is 1.75. The molecule has 5 heteroatoms. The number of nitrogens with zero attached hydrogens (tertiary/aromatic N) is 3. The van der Waals surface area contributed by atoms with Crippen molar-refractivity contribution in [1.82, 2.24) is 20.2 Å². The van der Waals surface area contributed by atoms with E-state index in [0.717, 1.165) is 16.6 Å². The summed E-state index contributed by atoms with van der Waals surface area (Å²) in [6.07, 6.45) is 0. The van der Waals surface area contributed by atoms with Gasteiger partial charge in [0, 0.05) is 11.1 Å². The van der Waals surface area contributed by atoms with Crippen molar-refractivity contribution in [2.24, 2.45) is 0 Å². The third-order valence-corrected chi connectivity index (χ3v) is 2.57. The molecule has 0 radical (unpaired) electrons. The van der Waals surface area contributed by atoms with Gasteiger partial charge in [-0.05, 0) is 25.1 Å². The van der Waals surface area contributed by atoms with Crippen molar-refractivity contribution < 1.29 is 0 Å². The number of aromatic nitrogens is 4. The Balaban J connectivity index is 2.25. The number of para-hydroxylation sites is 1. The summed E-state index contributed by atoms with van der Waals surface area (Å²) in [5.41, 5.74) is 8.42. The van der Waals surface area contributed by atoms with Gasteiger partial charge in [-0.1, -0.05) is 12.1 Å². The van der Waals surface area contributed by atoms with Crippen LogP contribution in [0, 0.1) is 6.92 Å². The van der Waals surface area contributed by atoms with Crippen molar-refractivity contribution in [2.45, 2.75) is 6.92 Å². The maximum absolute atomic E-state index is 5.91. The molecule has 0 fully saturated rings. The van der Waals surface area contributed by atoms with E-state index in [1.54, 1.807) is 0 Å². The Morgan fingerprint density at radius 3 is 2.76 bits per heavy atom. The zero-order valence-corrected chi connectivity index (χ0v) is 9.31. The lowest BCUT2D eigenvalue weighted by Gasteiger charge is -2.02. The number of aryl methyl sites for hydroxylation is 1. The third kappa shape index (κ3) is 1.61. The first-order valence-electron chi connectivity index (χ1n) is 5.29. The van der Waals surface area contributed by atoms with E-state index >= 15 is 0 Å². The second kappa shape index (κ2) is 3.55. The molecule has 1 aromatic carbocycles. The molecule has 0 aliphatic rings. The van der Waals surface area contributed by atoms with Crippen molar-refractivity contribution >= 4 is 16.7 Å². The lowest BCUT2D eigenvalue weighted by Crippen LogP contribution is -1.97. The molecule has 0 aliphatic heterocycles. The number of nitrogens with one attached hydrogen (secondary N) is 1. The van der Waals surface area contributed by atoms with Crippen LogP contribution in [0.25, 0.3) is 22.4 Å². The van der Waals surface area contributed by atoms with Gasteiger partial charge < -0.3 is 5.73 Å². The zero-order valence-electron chi connectivity index (χ0n) is 9.31. The number of hydrogen-bond donors (Lipinski definition) is 2. The summed E-state index contributed by atoms with van der Waals surface area (Å²) in [6.45, 7) is 1.93. The van der Waals surface area contributed by atoms with E-state index < -0.39 is 0 Å². The molecule has 0 spiro atoms. The average molecular weight is 225 g/mol. The van der Waals surface area contributed by atoms with Crippen LogP contribution in [-0.4, -0.2) is 20.2 Å². The Morgan fingerprint density at radius 1 is 1.18 bits per heavy atom. The maximum Gasteiger partial charge on any atom is 0.182 e. The van der Waals surface area contributed by atoms with E-state index in [0.29, 0.717) is 17.3 Å². The number of fused-ring (bicyclic) bond motifs is 1. The Kier molecular flexibility index (Phi) is 2.04. The minimum Gasteiger partial charge on any atom is -0.383 e. The lowest BCUT2D eigenvalue weighted by atomic mass is 10.2. The van der Waals surface area contributed by atoms with Crippen LogP contribution in [0.3, 0.4) is 0 Å². The summed E-state index contributed by atoms with van der Waals surface area (Å²) >= 11 is 0. The van der Waals surface area contributed by atoms with Crippen LogP contribution in [-0.2, 0) is 0 Å². The van der Waals surface area contributed by atoms with Crippen LogP contribution >= 0.6 is 0 Å². The van der Waals surface area contributed by atoms with Gasteiger partial charge in [0.05, 0.1) is 5.52 Å². The number of anilines is 1. The van der Waals surface area contributed by atoms with Gasteiger partial charge in [-0.3, -0.25) is 5.10 Å². The van der Waals surface area contributed by atoms with Gasteiger partial charge in [0.2, 0.25) is 0 Å². The molecule has 0 saturated carbocycles. The third-order valence-electron chi connectivity index (χ3n) is 2.57. The monoisotopic (exact) mass is 225 g/mol. The standard InChI is InChI=1S/C12H11N5/c1-7-6-10(17-16-7)12-14-9-5-3-2-4-8(9)11(13)15-12/h2-6H,1H3,(H,16,17)(H2,13,14,15). The number of nitrogens with two attached hydrogens (primary N) is 1. The van der Waals surface area contributed by atoms with Crippen LogP contribution in [0.4, 0.5) is 5.82 Å². The van der Waals surface area contributed by atoms with Crippen LogP contribution in [0.15, 0.2) is 30.3 Å². The lowest BCUT2D eigenvalue weighted by molar-refractivity contribution is 1.04. The number of hydrogen-bond acceptors (Lipinski definition) is 4.